The fourth-order valence-corrected chi connectivity index (χ4v) is 2.23. The molecule has 0 aliphatic heterocycles. The van der Waals surface area contributed by atoms with Gasteiger partial charge in [-0.1, -0.05) is 42.5 Å². The quantitative estimate of drug-likeness (QED) is 0.806. The van der Waals surface area contributed by atoms with Crippen LogP contribution < -0.4 is 10.6 Å². The van der Waals surface area contributed by atoms with Gasteiger partial charge in [0.1, 0.15) is 0 Å². The molecule has 0 heterocycles. The third-order valence-corrected chi connectivity index (χ3v) is 3.46. The maximum atomic E-state index is 12.3. The van der Waals surface area contributed by atoms with Gasteiger partial charge in [-0.3, -0.25) is 9.59 Å². The zero-order chi connectivity index (χ0) is 16.7. The predicted molar refractivity (Wildman–Crippen MR) is 92.5 cm³/mol. The van der Waals surface area contributed by atoms with Crippen molar-refractivity contribution >= 4 is 17.5 Å². The van der Waals surface area contributed by atoms with E-state index in [9.17, 15) is 9.59 Å². The zero-order valence-electron chi connectivity index (χ0n) is 13.1. The number of benzene rings is 2. The Labute approximate surface area is 136 Å². The summed E-state index contributed by atoms with van der Waals surface area (Å²) in [6.07, 6.45) is 1.88. The summed E-state index contributed by atoms with van der Waals surface area (Å²) in [6, 6.07) is 14.7. The number of anilines is 1. The summed E-state index contributed by atoms with van der Waals surface area (Å²) in [4.78, 5) is 24.4. The molecule has 0 fully saturated rings. The summed E-state index contributed by atoms with van der Waals surface area (Å²) < 4.78 is 0. The standard InChI is InChI=1S/C19H20N2O2/c1-3-12-20-19(23)16-10-6-7-11-17(16)21-18(22)13-15-9-5-4-8-14(15)2/h3-11H,1,12-13H2,2H3,(H,20,23)(H,21,22). The lowest BCUT2D eigenvalue weighted by atomic mass is 10.1. The number of aryl methyl sites for hydroxylation is 1. The van der Waals surface area contributed by atoms with Crippen LogP contribution in [-0.2, 0) is 11.2 Å². The number of hydrogen-bond donors (Lipinski definition) is 2. The van der Waals surface area contributed by atoms with E-state index in [1.165, 1.54) is 0 Å². The van der Waals surface area contributed by atoms with Crippen molar-refractivity contribution in [2.24, 2.45) is 0 Å². The first-order valence-corrected chi connectivity index (χ1v) is 7.44. The molecule has 118 valence electrons. The lowest BCUT2D eigenvalue weighted by Gasteiger charge is -2.11. The highest BCUT2D eigenvalue weighted by Crippen LogP contribution is 2.16. The average Bonchev–Trinajstić information content (AvgIpc) is 2.55. The first-order valence-electron chi connectivity index (χ1n) is 7.44. The van der Waals surface area contributed by atoms with Gasteiger partial charge in [-0.15, -0.1) is 6.58 Å². The summed E-state index contributed by atoms with van der Waals surface area (Å²) in [7, 11) is 0. The predicted octanol–water partition coefficient (Wildman–Crippen LogP) is 3.09. The Balaban J connectivity index is 2.10. The first-order chi connectivity index (χ1) is 11.1. The van der Waals surface area contributed by atoms with Gasteiger partial charge in [0.2, 0.25) is 5.91 Å². The second kappa shape index (κ2) is 7.94. The Bertz CT molecular complexity index is 723. The molecular formula is C19H20N2O2. The third-order valence-electron chi connectivity index (χ3n) is 3.46. The topological polar surface area (TPSA) is 58.2 Å². The van der Waals surface area contributed by atoms with Crippen LogP contribution in [-0.4, -0.2) is 18.4 Å². The van der Waals surface area contributed by atoms with Crippen LogP contribution >= 0.6 is 0 Å². The zero-order valence-corrected chi connectivity index (χ0v) is 13.1. The van der Waals surface area contributed by atoms with Crippen molar-refractivity contribution in [2.45, 2.75) is 13.3 Å². The number of carbonyl (C=O) groups excluding carboxylic acids is 2. The van der Waals surface area contributed by atoms with Crippen molar-refractivity contribution in [3.8, 4) is 0 Å². The Morgan fingerprint density at radius 3 is 2.52 bits per heavy atom. The Kier molecular flexibility index (Phi) is 5.69. The van der Waals surface area contributed by atoms with Crippen LogP contribution in [0.1, 0.15) is 21.5 Å². The summed E-state index contributed by atoms with van der Waals surface area (Å²) in [5, 5.41) is 5.53. The molecule has 0 unspecified atom stereocenters. The van der Waals surface area contributed by atoms with Crippen LogP contribution in [0.2, 0.25) is 0 Å². The van der Waals surface area contributed by atoms with E-state index in [1.54, 1.807) is 30.3 Å². The van der Waals surface area contributed by atoms with E-state index in [-0.39, 0.29) is 18.2 Å². The molecule has 0 aliphatic rings. The minimum atomic E-state index is -0.239. The SMILES string of the molecule is C=CCNC(=O)c1ccccc1NC(=O)Cc1ccccc1C. The van der Waals surface area contributed by atoms with Gasteiger partial charge in [-0.25, -0.2) is 0 Å². The molecule has 0 spiro atoms. The molecule has 0 atom stereocenters. The van der Waals surface area contributed by atoms with Crippen molar-refractivity contribution in [3.63, 3.8) is 0 Å². The highest BCUT2D eigenvalue weighted by atomic mass is 16.2. The van der Waals surface area contributed by atoms with Gasteiger partial charge in [-0.05, 0) is 30.2 Å². The molecule has 0 bridgehead atoms. The van der Waals surface area contributed by atoms with Crippen molar-refractivity contribution < 1.29 is 9.59 Å². The van der Waals surface area contributed by atoms with Gasteiger partial charge in [0.25, 0.3) is 5.91 Å². The van der Waals surface area contributed by atoms with Gasteiger partial charge >= 0.3 is 0 Å². The number of carbonyl (C=O) groups is 2. The van der Waals surface area contributed by atoms with Gasteiger partial charge < -0.3 is 10.6 Å². The Morgan fingerprint density at radius 1 is 1.09 bits per heavy atom. The molecule has 0 saturated heterocycles. The highest BCUT2D eigenvalue weighted by molar-refractivity contribution is 6.04. The molecule has 4 nitrogen and oxygen atoms in total. The molecule has 2 amide bonds. The van der Waals surface area contributed by atoms with E-state index in [2.05, 4.69) is 17.2 Å². The fraction of sp³-hybridized carbons (Fsp3) is 0.158. The van der Waals surface area contributed by atoms with E-state index in [1.807, 2.05) is 31.2 Å². The molecule has 0 radical (unpaired) electrons. The second-order valence-corrected chi connectivity index (χ2v) is 5.20. The van der Waals surface area contributed by atoms with Crippen LogP contribution in [0.15, 0.2) is 61.2 Å². The minimum absolute atomic E-state index is 0.150. The summed E-state index contributed by atoms with van der Waals surface area (Å²) in [6.45, 7) is 5.92. The molecular weight excluding hydrogens is 288 g/mol. The molecule has 2 aromatic carbocycles. The van der Waals surface area contributed by atoms with Crippen LogP contribution in [0.4, 0.5) is 5.69 Å². The molecule has 2 aromatic rings. The number of amides is 2. The number of nitrogens with one attached hydrogen (secondary N) is 2. The fourth-order valence-electron chi connectivity index (χ4n) is 2.23. The summed E-state index contributed by atoms with van der Waals surface area (Å²) in [5.74, 6) is -0.389. The van der Waals surface area contributed by atoms with E-state index in [0.29, 0.717) is 17.8 Å². The monoisotopic (exact) mass is 308 g/mol. The number of para-hydroxylation sites is 1. The normalized spacial score (nSPS) is 9.96. The smallest absolute Gasteiger partial charge is 0.253 e. The molecule has 0 saturated carbocycles. The minimum Gasteiger partial charge on any atom is -0.349 e. The lowest BCUT2D eigenvalue weighted by Crippen LogP contribution is -2.25. The van der Waals surface area contributed by atoms with Gasteiger partial charge in [0, 0.05) is 6.54 Å². The molecule has 23 heavy (non-hydrogen) atoms. The molecule has 0 aliphatic carbocycles. The van der Waals surface area contributed by atoms with Crippen LogP contribution in [0.25, 0.3) is 0 Å². The van der Waals surface area contributed by atoms with Gasteiger partial charge in [0.05, 0.1) is 17.7 Å². The van der Waals surface area contributed by atoms with Crippen molar-refractivity contribution in [1.29, 1.82) is 0 Å². The molecule has 2 N–H and O–H groups in total. The Morgan fingerprint density at radius 2 is 1.78 bits per heavy atom. The van der Waals surface area contributed by atoms with Crippen LogP contribution in [0.3, 0.4) is 0 Å². The van der Waals surface area contributed by atoms with E-state index in [4.69, 9.17) is 0 Å². The first kappa shape index (κ1) is 16.5. The van der Waals surface area contributed by atoms with Gasteiger partial charge in [0.15, 0.2) is 0 Å². The van der Waals surface area contributed by atoms with Crippen LogP contribution in [0, 0.1) is 6.92 Å². The van der Waals surface area contributed by atoms with Crippen molar-refractivity contribution in [2.75, 3.05) is 11.9 Å². The maximum Gasteiger partial charge on any atom is 0.253 e. The van der Waals surface area contributed by atoms with Crippen LogP contribution in [0.5, 0.6) is 0 Å². The van der Waals surface area contributed by atoms with E-state index >= 15 is 0 Å². The molecule has 2 rings (SSSR count). The Hall–Kier alpha value is -2.88. The summed E-state index contributed by atoms with van der Waals surface area (Å²) in [5.41, 5.74) is 2.98. The van der Waals surface area contributed by atoms with Crippen molar-refractivity contribution in [1.82, 2.24) is 5.32 Å². The van der Waals surface area contributed by atoms with E-state index in [0.717, 1.165) is 11.1 Å². The number of rotatable bonds is 6. The average molecular weight is 308 g/mol. The number of hydrogen-bond acceptors (Lipinski definition) is 2. The van der Waals surface area contributed by atoms with Gasteiger partial charge in [-0.2, -0.15) is 0 Å². The highest BCUT2D eigenvalue weighted by Gasteiger charge is 2.13. The molecule has 4 heteroatoms. The largest absolute Gasteiger partial charge is 0.349 e. The third kappa shape index (κ3) is 4.54. The molecule has 0 aromatic heterocycles. The van der Waals surface area contributed by atoms with Crippen molar-refractivity contribution in [3.05, 3.63) is 77.9 Å². The maximum absolute atomic E-state index is 12.3. The van der Waals surface area contributed by atoms with E-state index < -0.39 is 0 Å². The second-order valence-electron chi connectivity index (χ2n) is 5.20. The summed E-state index contributed by atoms with van der Waals surface area (Å²) >= 11 is 0. The lowest BCUT2D eigenvalue weighted by molar-refractivity contribution is -0.115.